The molecule has 2 rings (SSSR count). The standard InChI is InChI=1S/C9H14BrN5O2/c10-8-12-9(15(16)17)13-14(8)5-3-7-2-1-4-11-6-7/h7,11H,1-6H2. The van der Waals surface area contributed by atoms with Crippen molar-refractivity contribution in [3.8, 4) is 0 Å². The molecule has 0 aliphatic carbocycles. The molecule has 0 saturated carbocycles. The summed E-state index contributed by atoms with van der Waals surface area (Å²) in [6, 6.07) is 0. The van der Waals surface area contributed by atoms with Crippen molar-refractivity contribution in [3.05, 3.63) is 14.8 Å². The summed E-state index contributed by atoms with van der Waals surface area (Å²) in [4.78, 5) is 13.7. The van der Waals surface area contributed by atoms with Gasteiger partial charge < -0.3 is 15.4 Å². The number of nitro groups is 1. The number of piperidine rings is 1. The van der Waals surface area contributed by atoms with Gasteiger partial charge in [-0.3, -0.25) is 0 Å². The molecule has 17 heavy (non-hydrogen) atoms. The van der Waals surface area contributed by atoms with E-state index in [9.17, 15) is 10.1 Å². The van der Waals surface area contributed by atoms with Crippen molar-refractivity contribution in [2.45, 2.75) is 25.8 Å². The predicted octanol–water partition coefficient (Wildman–Crippen LogP) is 1.34. The van der Waals surface area contributed by atoms with Gasteiger partial charge in [-0.15, -0.1) is 0 Å². The minimum atomic E-state index is -0.580. The molecule has 8 heteroatoms. The van der Waals surface area contributed by atoms with Crippen LogP contribution in [0.2, 0.25) is 0 Å². The Balaban J connectivity index is 1.91. The average molecular weight is 304 g/mol. The summed E-state index contributed by atoms with van der Waals surface area (Å²) in [5, 5.41) is 17.7. The predicted molar refractivity (Wildman–Crippen MR) is 64.6 cm³/mol. The zero-order valence-corrected chi connectivity index (χ0v) is 10.9. The van der Waals surface area contributed by atoms with Gasteiger partial charge in [-0.2, -0.15) is 4.68 Å². The largest absolute Gasteiger partial charge is 0.492 e. The van der Waals surface area contributed by atoms with Crippen molar-refractivity contribution in [2.24, 2.45) is 5.92 Å². The molecule has 1 atom stereocenters. The van der Waals surface area contributed by atoms with E-state index in [4.69, 9.17) is 0 Å². The Morgan fingerprint density at radius 2 is 2.47 bits per heavy atom. The van der Waals surface area contributed by atoms with E-state index >= 15 is 0 Å². The van der Waals surface area contributed by atoms with Crippen molar-refractivity contribution in [1.29, 1.82) is 0 Å². The molecule has 1 fully saturated rings. The summed E-state index contributed by atoms with van der Waals surface area (Å²) >= 11 is 3.18. The molecule has 1 N–H and O–H groups in total. The maximum Gasteiger partial charge on any atom is 0.492 e. The normalized spacial score (nSPS) is 20.4. The number of halogens is 1. The van der Waals surface area contributed by atoms with Crippen LogP contribution in [0.5, 0.6) is 0 Å². The van der Waals surface area contributed by atoms with Crippen LogP contribution >= 0.6 is 15.9 Å². The lowest BCUT2D eigenvalue weighted by Crippen LogP contribution is -2.30. The van der Waals surface area contributed by atoms with Gasteiger partial charge in [0.25, 0.3) is 4.73 Å². The minimum Gasteiger partial charge on any atom is -0.390 e. The number of hydrogen-bond acceptors (Lipinski definition) is 5. The molecule has 7 nitrogen and oxygen atoms in total. The van der Waals surface area contributed by atoms with Gasteiger partial charge in [-0.25, -0.2) is 0 Å². The van der Waals surface area contributed by atoms with Gasteiger partial charge in [-0.05, 0) is 48.2 Å². The Labute approximate surface area is 107 Å². The first kappa shape index (κ1) is 12.4. The van der Waals surface area contributed by atoms with Crippen molar-refractivity contribution in [1.82, 2.24) is 20.1 Å². The lowest BCUT2D eigenvalue weighted by Gasteiger charge is -2.21. The summed E-state index contributed by atoms with van der Waals surface area (Å²) in [7, 11) is 0. The van der Waals surface area contributed by atoms with E-state index in [1.165, 1.54) is 12.8 Å². The average Bonchev–Trinajstić information content (AvgIpc) is 2.70. The second-order valence-electron chi connectivity index (χ2n) is 4.16. The smallest absolute Gasteiger partial charge is 0.390 e. The molecule has 0 aromatic carbocycles. The molecule has 1 aromatic rings. The number of nitrogens with one attached hydrogen (secondary N) is 1. The van der Waals surface area contributed by atoms with Crippen LogP contribution in [0.15, 0.2) is 4.73 Å². The van der Waals surface area contributed by atoms with Crippen LogP contribution in [0.3, 0.4) is 0 Å². The van der Waals surface area contributed by atoms with E-state index in [0.717, 1.165) is 19.5 Å². The van der Waals surface area contributed by atoms with E-state index in [-0.39, 0.29) is 5.95 Å². The summed E-state index contributed by atoms with van der Waals surface area (Å²) in [6.45, 7) is 2.77. The SMILES string of the molecule is O=[N+]([O-])c1nc(Br)n(CCC2CCCNC2)n1. The third-order valence-corrected chi connectivity index (χ3v) is 3.51. The van der Waals surface area contributed by atoms with Crippen LogP contribution in [0.1, 0.15) is 19.3 Å². The van der Waals surface area contributed by atoms with Gasteiger partial charge in [0, 0.05) is 21.0 Å². The lowest BCUT2D eigenvalue weighted by atomic mass is 9.96. The number of hydrogen-bond donors (Lipinski definition) is 1. The Morgan fingerprint density at radius 3 is 3.06 bits per heavy atom. The highest BCUT2D eigenvalue weighted by molar-refractivity contribution is 9.10. The number of nitrogens with zero attached hydrogens (tertiary/aromatic N) is 4. The highest BCUT2D eigenvalue weighted by atomic mass is 79.9. The third kappa shape index (κ3) is 3.22. The molecule has 0 spiro atoms. The van der Waals surface area contributed by atoms with E-state index in [0.29, 0.717) is 17.2 Å². The Bertz CT molecular complexity index is 402. The van der Waals surface area contributed by atoms with Crippen molar-refractivity contribution in [2.75, 3.05) is 13.1 Å². The fourth-order valence-electron chi connectivity index (χ4n) is 2.01. The molecule has 94 valence electrons. The first-order valence-corrected chi connectivity index (χ1v) is 6.41. The highest BCUT2D eigenvalue weighted by Crippen LogP contribution is 2.17. The summed E-state index contributed by atoms with van der Waals surface area (Å²) in [5.74, 6) is 0.276. The molecular weight excluding hydrogens is 290 g/mol. The fourth-order valence-corrected chi connectivity index (χ4v) is 2.42. The minimum absolute atomic E-state index is 0.348. The summed E-state index contributed by atoms with van der Waals surface area (Å²) in [5.41, 5.74) is 0. The molecule has 1 unspecified atom stereocenters. The second kappa shape index (κ2) is 5.54. The molecule has 1 aliphatic rings. The first-order chi connectivity index (χ1) is 8.16. The summed E-state index contributed by atoms with van der Waals surface area (Å²) < 4.78 is 1.97. The Hall–Kier alpha value is -1.02. The van der Waals surface area contributed by atoms with Gasteiger partial charge in [0.15, 0.2) is 0 Å². The second-order valence-corrected chi connectivity index (χ2v) is 4.87. The maximum atomic E-state index is 10.5. The molecule has 0 amide bonds. The van der Waals surface area contributed by atoms with Gasteiger partial charge >= 0.3 is 5.95 Å². The molecule has 1 aromatic heterocycles. The van der Waals surface area contributed by atoms with Gasteiger partial charge in [0.05, 0.1) is 6.54 Å². The van der Waals surface area contributed by atoms with Gasteiger partial charge in [0.2, 0.25) is 0 Å². The molecule has 0 radical (unpaired) electrons. The molecule has 2 heterocycles. The van der Waals surface area contributed by atoms with Crippen LogP contribution < -0.4 is 5.32 Å². The number of aromatic nitrogens is 3. The summed E-state index contributed by atoms with van der Waals surface area (Å²) in [6.07, 6.45) is 3.37. The number of rotatable bonds is 4. The third-order valence-electron chi connectivity index (χ3n) is 2.93. The van der Waals surface area contributed by atoms with E-state index < -0.39 is 4.92 Å². The maximum absolute atomic E-state index is 10.5. The Kier molecular flexibility index (Phi) is 4.06. The van der Waals surface area contributed by atoms with Crippen molar-refractivity contribution < 1.29 is 4.92 Å². The van der Waals surface area contributed by atoms with Gasteiger partial charge in [0.1, 0.15) is 0 Å². The topological polar surface area (TPSA) is 85.9 Å². The fraction of sp³-hybridized carbons (Fsp3) is 0.778. The Morgan fingerprint density at radius 1 is 1.65 bits per heavy atom. The zero-order chi connectivity index (χ0) is 12.3. The quantitative estimate of drug-likeness (QED) is 0.670. The van der Waals surface area contributed by atoms with Crippen LogP contribution in [0.4, 0.5) is 5.95 Å². The molecule has 0 bridgehead atoms. The zero-order valence-electron chi connectivity index (χ0n) is 9.30. The monoisotopic (exact) mass is 303 g/mol. The van der Waals surface area contributed by atoms with Crippen LogP contribution in [0.25, 0.3) is 0 Å². The number of aryl methyl sites for hydroxylation is 1. The van der Waals surface area contributed by atoms with Crippen molar-refractivity contribution in [3.63, 3.8) is 0 Å². The molecule has 1 saturated heterocycles. The van der Waals surface area contributed by atoms with E-state index in [1.54, 1.807) is 4.68 Å². The highest BCUT2D eigenvalue weighted by Gasteiger charge is 2.20. The molecular formula is C9H14BrN5O2. The lowest BCUT2D eigenvalue weighted by molar-refractivity contribution is -0.394. The van der Waals surface area contributed by atoms with Crippen LogP contribution in [-0.2, 0) is 6.54 Å². The first-order valence-electron chi connectivity index (χ1n) is 5.62. The molecule has 1 aliphatic heterocycles. The van der Waals surface area contributed by atoms with Crippen LogP contribution in [-0.4, -0.2) is 32.8 Å². The van der Waals surface area contributed by atoms with Crippen LogP contribution in [0, 0.1) is 16.0 Å². The van der Waals surface area contributed by atoms with E-state index in [1.807, 2.05) is 0 Å². The van der Waals surface area contributed by atoms with Crippen molar-refractivity contribution >= 4 is 21.9 Å². The van der Waals surface area contributed by atoms with Gasteiger partial charge in [-0.1, -0.05) is 0 Å². The van der Waals surface area contributed by atoms with E-state index in [2.05, 4.69) is 31.3 Å².